The first-order valence-electron chi connectivity index (χ1n) is 8.86. The number of aryl methyl sites for hydroxylation is 2. The minimum Gasteiger partial charge on any atom is -0.489 e. The number of nitrogens with zero attached hydrogens (tertiary/aromatic N) is 2. The van der Waals surface area contributed by atoms with Crippen LogP contribution in [0.25, 0.3) is 0 Å². The van der Waals surface area contributed by atoms with Gasteiger partial charge in [-0.3, -0.25) is 9.48 Å². The summed E-state index contributed by atoms with van der Waals surface area (Å²) in [6.07, 6.45) is 5.00. The van der Waals surface area contributed by atoms with E-state index in [1.54, 1.807) is 6.20 Å². The van der Waals surface area contributed by atoms with E-state index in [0.29, 0.717) is 23.6 Å². The van der Waals surface area contributed by atoms with Crippen LogP contribution in [0.15, 0.2) is 30.5 Å². The van der Waals surface area contributed by atoms with Gasteiger partial charge in [0.25, 0.3) is 5.91 Å². The Balaban J connectivity index is 1.68. The second kappa shape index (κ2) is 8.16. The van der Waals surface area contributed by atoms with Crippen molar-refractivity contribution in [3.05, 3.63) is 41.7 Å². The normalized spacial score (nSPS) is 16.8. The molecule has 0 saturated carbocycles. The number of benzene rings is 1. The second-order valence-electron chi connectivity index (χ2n) is 6.29. The summed E-state index contributed by atoms with van der Waals surface area (Å²) in [6, 6.07) is 7.47. The Morgan fingerprint density at radius 3 is 3.04 bits per heavy atom. The molecule has 134 valence electrons. The Morgan fingerprint density at radius 2 is 2.28 bits per heavy atom. The van der Waals surface area contributed by atoms with Gasteiger partial charge in [-0.2, -0.15) is 5.10 Å². The van der Waals surface area contributed by atoms with Gasteiger partial charge in [-0.1, -0.05) is 19.1 Å². The lowest BCUT2D eigenvalue weighted by Crippen LogP contribution is -2.18. The molecule has 0 aliphatic carbocycles. The second-order valence-corrected chi connectivity index (χ2v) is 6.29. The van der Waals surface area contributed by atoms with Crippen molar-refractivity contribution in [2.24, 2.45) is 0 Å². The van der Waals surface area contributed by atoms with E-state index in [2.05, 4.69) is 17.3 Å². The monoisotopic (exact) mass is 343 g/mol. The molecule has 2 aromatic rings. The maximum atomic E-state index is 12.6. The average Bonchev–Trinajstić information content (AvgIpc) is 3.24. The summed E-state index contributed by atoms with van der Waals surface area (Å²) in [5, 5.41) is 7.32. The third-order valence-corrected chi connectivity index (χ3v) is 4.23. The van der Waals surface area contributed by atoms with Crippen molar-refractivity contribution in [1.82, 2.24) is 9.78 Å². The van der Waals surface area contributed by atoms with Gasteiger partial charge in [0.05, 0.1) is 23.0 Å². The molecule has 0 spiro atoms. The van der Waals surface area contributed by atoms with Crippen molar-refractivity contribution in [1.29, 1.82) is 0 Å². The number of amides is 1. The number of hydrogen-bond donors (Lipinski definition) is 1. The summed E-state index contributed by atoms with van der Waals surface area (Å²) in [4.78, 5) is 12.6. The van der Waals surface area contributed by atoms with E-state index in [1.165, 1.54) is 0 Å². The summed E-state index contributed by atoms with van der Waals surface area (Å²) in [7, 11) is 0. The SMILES string of the molecule is CCCn1cc(C(=O)Nc2ccccc2OCC2CCCO2)c(C)n1. The maximum absolute atomic E-state index is 12.6. The van der Waals surface area contributed by atoms with Crippen LogP contribution in [0.2, 0.25) is 0 Å². The largest absolute Gasteiger partial charge is 0.489 e. The van der Waals surface area contributed by atoms with Crippen LogP contribution >= 0.6 is 0 Å². The van der Waals surface area contributed by atoms with E-state index in [1.807, 2.05) is 35.9 Å². The number of carbonyl (C=O) groups is 1. The standard InChI is InChI=1S/C19H25N3O3/c1-3-10-22-12-16(14(2)21-22)19(23)20-17-8-4-5-9-18(17)25-13-15-7-6-11-24-15/h4-5,8-9,12,15H,3,6-7,10-11,13H2,1-2H3,(H,20,23). The quantitative estimate of drug-likeness (QED) is 0.837. The molecule has 2 heterocycles. The van der Waals surface area contributed by atoms with Gasteiger partial charge in [-0.15, -0.1) is 0 Å². The van der Waals surface area contributed by atoms with Crippen molar-refractivity contribution in [2.45, 2.75) is 45.8 Å². The van der Waals surface area contributed by atoms with Crippen LogP contribution < -0.4 is 10.1 Å². The van der Waals surface area contributed by atoms with E-state index in [0.717, 1.165) is 38.1 Å². The number of carbonyl (C=O) groups excluding carboxylic acids is 1. The van der Waals surface area contributed by atoms with Gasteiger partial charge < -0.3 is 14.8 Å². The maximum Gasteiger partial charge on any atom is 0.259 e. The first kappa shape index (κ1) is 17.5. The molecule has 1 atom stereocenters. The Bertz CT molecular complexity index is 720. The molecule has 3 rings (SSSR count). The lowest BCUT2D eigenvalue weighted by molar-refractivity contribution is 0.0682. The molecule has 1 N–H and O–H groups in total. The molecule has 1 saturated heterocycles. The summed E-state index contributed by atoms with van der Waals surface area (Å²) < 4.78 is 13.3. The minimum absolute atomic E-state index is 0.137. The molecule has 1 aliphatic rings. The Hall–Kier alpha value is -2.34. The number of rotatable bonds is 7. The highest BCUT2D eigenvalue weighted by atomic mass is 16.5. The van der Waals surface area contributed by atoms with Gasteiger partial charge in [-0.25, -0.2) is 0 Å². The van der Waals surface area contributed by atoms with Crippen LogP contribution in [0.1, 0.15) is 42.2 Å². The third kappa shape index (κ3) is 4.39. The number of aromatic nitrogens is 2. The molecule has 1 aliphatic heterocycles. The zero-order chi connectivity index (χ0) is 17.6. The van der Waals surface area contributed by atoms with Crippen LogP contribution in [-0.4, -0.2) is 35.0 Å². The molecule has 0 radical (unpaired) electrons. The zero-order valence-corrected chi connectivity index (χ0v) is 14.8. The lowest BCUT2D eigenvalue weighted by atomic mass is 10.2. The van der Waals surface area contributed by atoms with E-state index in [4.69, 9.17) is 9.47 Å². The summed E-state index contributed by atoms with van der Waals surface area (Å²) in [6.45, 7) is 6.03. The molecule has 1 aromatic carbocycles. The predicted molar refractivity (Wildman–Crippen MR) is 96.1 cm³/mol. The minimum atomic E-state index is -0.173. The fourth-order valence-electron chi connectivity index (χ4n) is 2.93. The van der Waals surface area contributed by atoms with Crippen LogP contribution in [0, 0.1) is 6.92 Å². The molecular weight excluding hydrogens is 318 g/mol. The van der Waals surface area contributed by atoms with Crippen molar-refractivity contribution in [3.8, 4) is 5.75 Å². The van der Waals surface area contributed by atoms with Gasteiger partial charge in [0.1, 0.15) is 12.4 Å². The van der Waals surface area contributed by atoms with Crippen molar-refractivity contribution < 1.29 is 14.3 Å². The predicted octanol–water partition coefficient (Wildman–Crippen LogP) is 3.41. The van der Waals surface area contributed by atoms with E-state index < -0.39 is 0 Å². The number of ether oxygens (including phenoxy) is 2. The molecule has 6 nitrogen and oxygen atoms in total. The van der Waals surface area contributed by atoms with E-state index in [9.17, 15) is 4.79 Å². The Morgan fingerprint density at radius 1 is 1.44 bits per heavy atom. The highest BCUT2D eigenvalue weighted by Crippen LogP contribution is 2.26. The number of para-hydroxylation sites is 2. The fraction of sp³-hybridized carbons (Fsp3) is 0.474. The molecule has 1 aromatic heterocycles. The lowest BCUT2D eigenvalue weighted by Gasteiger charge is -2.15. The van der Waals surface area contributed by atoms with Crippen LogP contribution in [0.5, 0.6) is 5.75 Å². The highest BCUT2D eigenvalue weighted by Gasteiger charge is 2.18. The Labute approximate surface area is 148 Å². The van der Waals surface area contributed by atoms with Crippen molar-refractivity contribution in [2.75, 3.05) is 18.5 Å². The third-order valence-electron chi connectivity index (χ3n) is 4.23. The Kier molecular flexibility index (Phi) is 5.71. The van der Waals surface area contributed by atoms with E-state index in [-0.39, 0.29) is 12.0 Å². The zero-order valence-electron chi connectivity index (χ0n) is 14.8. The van der Waals surface area contributed by atoms with Crippen molar-refractivity contribution >= 4 is 11.6 Å². The van der Waals surface area contributed by atoms with Crippen molar-refractivity contribution in [3.63, 3.8) is 0 Å². The molecular formula is C19H25N3O3. The van der Waals surface area contributed by atoms with Gasteiger partial charge in [0.15, 0.2) is 0 Å². The summed E-state index contributed by atoms with van der Waals surface area (Å²) >= 11 is 0. The average molecular weight is 343 g/mol. The number of hydrogen-bond acceptors (Lipinski definition) is 4. The van der Waals surface area contributed by atoms with Gasteiger partial charge in [-0.05, 0) is 38.3 Å². The molecule has 25 heavy (non-hydrogen) atoms. The fourth-order valence-corrected chi connectivity index (χ4v) is 2.93. The van der Waals surface area contributed by atoms with Gasteiger partial charge in [0.2, 0.25) is 0 Å². The molecule has 6 heteroatoms. The first-order chi connectivity index (χ1) is 12.2. The van der Waals surface area contributed by atoms with Gasteiger partial charge in [0, 0.05) is 19.3 Å². The molecule has 0 bridgehead atoms. The van der Waals surface area contributed by atoms with Crippen LogP contribution in [-0.2, 0) is 11.3 Å². The topological polar surface area (TPSA) is 65.4 Å². The van der Waals surface area contributed by atoms with Gasteiger partial charge >= 0.3 is 0 Å². The summed E-state index contributed by atoms with van der Waals surface area (Å²) in [5.74, 6) is 0.484. The van der Waals surface area contributed by atoms with E-state index >= 15 is 0 Å². The summed E-state index contributed by atoms with van der Waals surface area (Å²) in [5.41, 5.74) is 1.97. The number of anilines is 1. The number of nitrogens with one attached hydrogen (secondary N) is 1. The first-order valence-corrected chi connectivity index (χ1v) is 8.86. The smallest absolute Gasteiger partial charge is 0.259 e. The highest BCUT2D eigenvalue weighted by molar-refractivity contribution is 6.05. The molecule has 1 amide bonds. The molecule has 1 fully saturated rings. The van der Waals surface area contributed by atoms with Crippen LogP contribution in [0.4, 0.5) is 5.69 Å². The molecule has 1 unspecified atom stereocenters. The van der Waals surface area contributed by atoms with Crippen LogP contribution in [0.3, 0.4) is 0 Å².